The van der Waals surface area contributed by atoms with E-state index in [0.717, 1.165) is 19.3 Å². The molecule has 0 amide bonds. The van der Waals surface area contributed by atoms with Crippen molar-refractivity contribution in [3.8, 4) is 0 Å². The van der Waals surface area contributed by atoms with Crippen LogP contribution in [0.1, 0.15) is 73.6 Å². The van der Waals surface area contributed by atoms with Gasteiger partial charge >= 0.3 is 0 Å². The van der Waals surface area contributed by atoms with Gasteiger partial charge in [0.25, 0.3) is 0 Å². The van der Waals surface area contributed by atoms with Crippen LogP contribution in [0.4, 0.5) is 0 Å². The normalized spacial score (nSPS) is 18.0. The first kappa shape index (κ1) is 23.0. The largest absolute Gasteiger partial charge is 0.300 e. The third kappa shape index (κ3) is 11.5. The highest BCUT2D eigenvalue weighted by molar-refractivity contribution is 6.11. The van der Waals surface area contributed by atoms with Crippen molar-refractivity contribution < 1.29 is 4.79 Å². The molecule has 1 nitrogen and oxygen atoms in total. The lowest BCUT2D eigenvalue weighted by atomic mass is 9.75. The van der Waals surface area contributed by atoms with Crippen molar-refractivity contribution in [1.29, 1.82) is 0 Å². The first-order valence-electron chi connectivity index (χ1n) is 9.55. The van der Waals surface area contributed by atoms with Gasteiger partial charge in [0.15, 0.2) is 0 Å². The molecule has 0 saturated carbocycles. The van der Waals surface area contributed by atoms with Crippen LogP contribution in [0.3, 0.4) is 0 Å². The average Bonchev–Trinajstić information content (AvgIpc) is 2.51. The zero-order valence-corrected chi connectivity index (χ0v) is 16.7. The van der Waals surface area contributed by atoms with Crippen molar-refractivity contribution in [2.45, 2.75) is 79.5 Å². The van der Waals surface area contributed by atoms with E-state index < -0.39 is 0 Å². The molecule has 0 bridgehead atoms. The molecule has 0 unspecified atom stereocenters. The van der Waals surface area contributed by atoms with E-state index in [0.29, 0.717) is 17.7 Å². The first-order valence-corrected chi connectivity index (χ1v) is 9.55. The van der Waals surface area contributed by atoms with Gasteiger partial charge in [-0.1, -0.05) is 95.1 Å². The molecule has 0 aromatic carbocycles. The highest BCUT2D eigenvalue weighted by atomic mass is 16.1. The number of carbonyl (C=O) groups is 1. The summed E-state index contributed by atoms with van der Waals surface area (Å²) in [5.74, 6) is 1.69. The summed E-state index contributed by atoms with van der Waals surface area (Å²) in [6.07, 6.45) is 16.2. The number of carbonyl (C=O) groups excluding carboxylic acids is 1. The molecule has 134 valence electrons. The molecule has 0 rings (SSSR count). The van der Waals surface area contributed by atoms with E-state index in [1.165, 1.54) is 18.4 Å². The lowest BCUT2D eigenvalue weighted by molar-refractivity contribution is -0.120. The highest BCUT2D eigenvalue weighted by Gasteiger charge is 2.10. The number of rotatable bonds is 12. The van der Waals surface area contributed by atoms with Crippen LogP contribution in [0.25, 0.3) is 0 Å². The molecule has 2 heteroatoms. The Morgan fingerprint density at radius 1 is 1.00 bits per heavy atom. The molecule has 0 saturated heterocycles. The molecule has 0 aliphatic carbocycles. The zero-order chi connectivity index (χ0) is 18.5. The number of ketones is 1. The van der Waals surface area contributed by atoms with Crippen molar-refractivity contribution in [2.24, 2.45) is 17.8 Å². The van der Waals surface area contributed by atoms with Crippen LogP contribution >= 0.6 is 0 Å². The maximum atomic E-state index is 11.3. The Morgan fingerprint density at radius 3 is 2.25 bits per heavy atom. The third-order valence-electron chi connectivity index (χ3n) is 4.80. The van der Waals surface area contributed by atoms with Gasteiger partial charge in [-0.2, -0.15) is 0 Å². The second-order valence-electron chi connectivity index (χ2n) is 7.44. The van der Waals surface area contributed by atoms with Crippen LogP contribution in [0.5, 0.6) is 0 Å². The minimum absolute atomic E-state index is 0.147. The molecular weight excluding hydrogens is 291 g/mol. The Balaban J connectivity index is 4.27. The topological polar surface area (TPSA) is 17.1 Å². The SMILES string of the molecule is [B][C@@H](CCCC)C[C@H](C)/C(C)=C/C=C/C=C/[C@@H](C)C[C@@H](C)C(C)=O. The number of allylic oxidation sites excluding steroid dienone is 6. The van der Waals surface area contributed by atoms with Gasteiger partial charge < -0.3 is 0 Å². The van der Waals surface area contributed by atoms with E-state index in [-0.39, 0.29) is 11.7 Å². The standard InChI is InChI=1S/C22H37BO/c1-7-8-14-22(23)16-19(4)18(3)13-11-9-10-12-17(2)15-20(5)21(6)24/h9-13,17,19-20,22H,7-8,14-16H2,1-6H3/b11-9+,12-10+,18-13+/t17-,19+,20-,22+/m1/s1. The highest BCUT2D eigenvalue weighted by Crippen LogP contribution is 2.25. The Morgan fingerprint density at radius 2 is 1.67 bits per heavy atom. The van der Waals surface area contributed by atoms with Crippen LogP contribution in [0, 0.1) is 17.8 Å². The Kier molecular flexibility index (Phi) is 12.7. The van der Waals surface area contributed by atoms with Crippen molar-refractivity contribution in [1.82, 2.24) is 0 Å². The lowest BCUT2D eigenvalue weighted by Gasteiger charge is -2.17. The summed E-state index contributed by atoms with van der Waals surface area (Å²) < 4.78 is 0. The predicted molar refractivity (Wildman–Crippen MR) is 108 cm³/mol. The number of hydrogen-bond donors (Lipinski definition) is 0. The number of unbranched alkanes of at least 4 members (excludes halogenated alkanes) is 1. The van der Waals surface area contributed by atoms with Gasteiger partial charge in [-0.05, 0) is 32.1 Å². The molecule has 0 aromatic rings. The van der Waals surface area contributed by atoms with Crippen LogP contribution in [0.2, 0.25) is 5.82 Å². The van der Waals surface area contributed by atoms with Crippen molar-refractivity contribution >= 4 is 13.6 Å². The van der Waals surface area contributed by atoms with Crippen LogP contribution in [-0.4, -0.2) is 13.6 Å². The van der Waals surface area contributed by atoms with Crippen LogP contribution < -0.4 is 0 Å². The Labute approximate surface area is 152 Å². The first-order chi connectivity index (χ1) is 11.3. The second-order valence-corrected chi connectivity index (χ2v) is 7.44. The van der Waals surface area contributed by atoms with Crippen molar-refractivity contribution in [3.63, 3.8) is 0 Å². The lowest BCUT2D eigenvalue weighted by Crippen LogP contribution is -2.09. The summed E-state index contributed by atoms with van der Waals surface area (Å²) in [5, 5.41) is 0. The monoisotopic (exact) mass is 328 g/mol. The fraction of sp³-hybridized carbons (Fsp3) is 0.682. The summed E-state index contributed by atoms with van der Waals surface area (Å²) in [5.41, 5.74) is 1.38. The predicted octanol–water partition coefficient (Wildman–Crippen LogP) is 6.47. The summed E-state index contributed by atoms with van der Waals surface area (Å²) in [6.45, 7) is 12.5. The maximum Gasteiger partial charge on any atom is 0.132 e. The summed E-state index contributed by atoms with van der Waals surface area (Å²) in [7, 11) is 6.19. The zero-order valence-electron chi connectivity index (χ0n) is 16.7. The van der Waals surface area contributed by atoms with E-state index in [1.807, 2.05) is 6.92 Å². The third-order valence-corrected chi connectivity index (χ3v) is 4.80. The summed E-state index contributed by atoms with van der Waals surface area (Å²) in [6, 6.07) is 0. The number of Topliss-reactive ketones (excluding diaryl/α,β-unsaturated/α-hetero) is 1. The van der Waals surface area contributed by atoms with E-state index in [4.69, 9.17) is 7.85 Å². The van der Waals surface area contributed by atoms with Gasteiger partial charge in [0.2, 0.25) is 0 Å². The molecule has 2 radical (unpaired) electrons. The van der Waals surface area contributed by atoms with Gasteiger partial charge in [0, 0.05) is 5.92 Å². The van der Waals surface area contributed by atoms with Gasteiger partial charge in [-0.15, -0.1) is 0 Å². The molecule has 0 aliphatic rings. The fourth-order valence-corrected chi connectivity index (χ4v) is 2.72. The van der Waals surface area contributed by atoms with Gasteiger partial charge in [0.1, 0.15) is 5.78 Å². The van der Waals surface area contributed by atoms with Gasteiger partial charge in [-0.25, -0.2) is 0 Å². The van der Waals surface area contributed by atoms with Gasteiger partial charge in [-0.3, -0.25) is 4.79 Å². The molecule has 0 heterocycles. The molecule has 0 N–H and O–H groups in total. The molecule has 0 aliphatic heterocycles. The quantitative estimate of drug-likeness (QED) is 0.296. The fourth-order valence-electron chi connectivity index (χ4n) is 2.72. The van der Waals surface area contributed by atoms with Crippen LogP contribution in [-0.2, 0) is 4.79 Å². The molecule has 4 atom stereocenters. The van der Waals surface area contributed by atoms with E-state index >= 15 is 0 Å². The summed E-state index contributed by atoms with van der Waals surface area (Å²) >= 11 is 0. The molecular formula is C22H37BO. The molecule has 0 spiro atoms. The Bertz CT molecular complexity index is 433. The minimum atomic E-state index is 0.147. The number of hydrogen-bond acceptors (Lipinski definition) is 1. The molecule has 0 aromatic heterocycles. The second kappa shape index (κ2) is 13.3. The van der Waals surface area contributed by atoms with Gasteiger partial charge in [0.05, 0.1) is 7.85 Å². The van der Waals surface area contributed by atoms with E-state index in [2.05, 4.69) is 58.1 Å². The van der Waals surface area contributed by atoms with Crippen LogP contribution in [0.15, 0.2) is 36.0 Å². The maximum absolute atomic E-state index is 11.3. The molecule has 24 heavy (non-hydrogen) atoms. The van der Waals surface area contributed by atoms with Crippen molar-refractivity contribution in [2.75, 3.05) is 0 Å². The van der Waals surface area contributed by atoms with E-state index in [1.54, 1.807) is 6.92 Å². The summed E-state index contributed by atoms with van der Waals surface area (Å²) in [4.78, 5) is 11.3. The minimum Gasteiger partial charge on any atom is -0.300 e. The van der Waals surface area contributed by atoms with Crippen molar-refractivity contribution in [3.05, 3.63) is 36.0 Å². The molecule has 0 fully saturated rings. The smallest absolute Gasteiger partial charge is 0.132 e. The average molecular weight is 328 g/mol. The van der Waals surface area contributed by atoms with E-state index in [9.17, 15) is 4.79 Å². The Hall–Kier alpha value is -1.05.